The zero-order valence-corrected chi connectivity index (χ0v) is 12.8. The first-order chi connectivity index (χ1) is 9.73. The van der Waals surface area contributed by atoms with Crippen molar-refractivity contribution in [3.8, 4) is 0 Å². The Bertz CT molecular complexity index is 670. The lowest BCUT2D eigenvalue weighted by atomic mass is 9.75. The van der Waals surface area contributed by atoms with Gasteiger partial charge in [0.25, 0.3) is 5.56 Å². The summed E-state index contributed by atoms with van der Waals surface area (Å²) in [4.78, 5) is 37.3. The lowest BCUT2D eigenvalue weighted by molar-refractivity contribution is -0.132. The molecule has 2 N–H and O–H groups in total. The minimum atomic E-state index is -0.381. The van der Waals surface area contributed by atoms with Gasteiger partial charge in [0.05, 0.1) is 12.1 Å². The fourth-order valence-corrected chi connectivity index (χ4v) is 2.58. The Morgan fingerprint density at radius 1 is 1.38 bits per heavy atom. The van der Waals surface area contributed by atoms with E-state index in [9.17, 15) is 14.4 Å². The van der Waals surface area contributed by atoms with Gasteiger partial charge in [-0.3, -0.25) is 14.2 Å². The van der Waals surface area contributed by atoms with Crippen LogP contribution in [0.5, 0.6) is 0 Å². The maximum absolute atomic E-state index is 12.2. The third-order valence-electron chi connectivity index (χ3n) is 4.20. The lowest BCUT2D eigenvalue weighted by Gasteiger charge is -2.38. The average Bonchev–Trinajstić information content (AvgIpc) is 2.40. The summed E-state index contributed by atoms with van der Waals surface area (Å²) in [6, 6.07) is 0. The van der Waals surface area contributed by atoms with Gasteiger partial charge in [0.1, 0.15) is 0 Å². The highest BCUT2D eigenvalue weighted by Gasteiger charge is 2.35. The van der Waals surface area contributed by atoms with Crippen LogP contribution in [0.2, 0.25) is 0 Å². The quantitative estimate of drug-likeness (QED) is 0.796. The highest BCUT2D eigenvalue weighted by molar-refractivity contribution is 5.77. The first-order valence-corrected chi connectivity index (χ1v) is 7.02. The van der Waals surface area contributed by atoms with Crippen molar-refractivity contribution in [3.05, 3.63) is 32.6 Å². The summed E-state index contributed by atoms with van der Waals surface area (Å²) in [5, 5.41) is 0. The van der Waals surface area contributed by atoms with Crippen molar-refractivity contribution in [2.75, 3.05) is 7.05 Å². The van der Waals surface area contributed by atoms with Crippen molar-refractivity contribution in [1.82, 2.24) is 14.0 Å². The van der Waals surface area contributed by atoms with Gasteiger partial charge in [0.15, 0.2) is 0 Å². The molecular formula is C14H22N4O3. The second kappa shape index (κ2) is 5.48. The molecular weight excluding hydrogens is 272 g/mol. The summed E-state index contributed by atoms with van der Waals surface area (Å²) < 4.78 is 2.38. The number of carbonyl (C=O) groups is 1. The summed E-state index contributed by atoms with van der Waals surface area (Å²) in [6.07, 6.45) is 4.59. The Kier molecular flexibility index (Phi) is 4.04. The molecule has 2 rings (SSSR count). The summed E-state index contributed by atoms with van der Waals surface area (Å²) in [6.45, 7) is 0.176. The molecule has 0 saturated heterocycles. The minimum Gasteiger partial charge on any atom is -0.341 e. The van der Waals surface area contributed by atoms with E-state index < -0.39 is 0 Å². The molecule has 116 valence electrons. The predicted molar refractivity (Wildman–Crippen MR) is 78.8 cm³/mol. The van der Waals surface area contributed by atoms with Crippen molar-refractivity contribution in [1.29, 1.82) is 0 Å². The Hall–Kier alpha value is -1.89. The van der Waals surface area contributed by atoms with Crippen LogP contribution >= 0.6 is 0 Å². The van der Waals surface area contributed by atoms with E-state index in [4.69, 9.17) is 5.73 Å². The van der Waals surface area contributed by atoms with Gasteiger partial charge in [-0.1, -0.05) is 0 Å². The molecule has 0 aromatic carbocycles. The molecule has 1 heterocycles. The summed E-state index contributed by atoms with van der Waals surface area (Å²) >= 11 is 0. The fourth-order valence-electron chi connectivity index (χ4n) is 2.58. The first-order valence-electron chi connectivity index (χ1n) is 7.02. The van der Waals surface area contributed by atoms with Gasteiger partial charge < -0.3 is 15.2 Å². The predicted octanol–water partition coefficient (Wildman–Crippen LogP) is -0.686. The van der Waals surface area contributed by atoms with E-state index in [1.54, 1.807) is 14.1 Å². The molecule has 0 bridgehead atoms. The number of nitrogens with zero attached hydrogens (tertiary/aromatic N) is 3. The third kappa shape index (κ3) is 3.07. The van der Waals surface area contributed by atoms with E-state index in [0.29, 0.717) is 12.0 Å². The smallest absolute Gasteiger partial charge is 0.330 e. The normalized spacial score (nSPS) is 16.4. The van der Waals surface area contributed by atoms with Gasteiger partial charge in [0, 0.05) is 39.3 Å². The van der Waals surface area contributed by atoms with E-state index in [2.05, 4.69) is 0 Å². The molecule has 7 nitrogen and oxygen atoms in total. The van der Waals surface area contributed by atoms with Gasteiger partial charge >= 0.3 is 5.69 Å². The number of hydrogen-bond acceptors (Lipinski definition) is 4. The molecule has 1 saturated carbocycles. The van der Waals surface area contributed by atoms with E-state index >= 15 is 0 Å². The van der Waals surface area contributed by atoms with Crippen LogP contribution in [0.1, 0.15) is 31.2 Å². The zero-order chi connectivity index (χ0) is 15.8. The molecule has 0 unspecified atom stereocenters. The number of aryl methyl sites for hydroxylation is 1. The van der Waals surface area contributed by atoms with Crippen molar-refractivity contribution in [2.24, 2.45) is 19.8 Å². The van der Waals surface area contributed by atoms with Crippen LogP contribution in [-0.4, -0.2) is 32.5 Å². The SMILES string of the molecule is CN(Cc1cn(C)c(=O)n(C)c1=O)C(=O)CC1(N)CCC1. The van der Waals surface area contributed by atoms with Crippen molar-refractivity contribution < 1.29 is 4.79 Å². The van der Waals surface area contributed by atoms with Crippen LogP contribution in [0.4, 0.5) is 0 Å². The topological polar surface area (TPSA) is 90.3 Å². The minimum absolute atomic E-state index is 0.0758. The summed E-state index contributed by atoms with van der Waals surface area (Å²) in [7, 11) is 4.66. The van der Waals surface area contributed by atoms with Gasteiger partial charge in [-0.25, -0.2) is 4.79 Å². The molecule has 0 atom stereocenters. The zero-order valence-electron chi connectivity index (χ0n) is 12.8. The molecule has 1 aliphatic rings. The first kappa shape index (κ1) is 15.5. The third-order valence-corrected chi connectivity index (χ3v) is 4.20. The van der Waals surface area contributed by atoms with Crippen LogP contribution in [0.3, 0.4) is 0 Å². The highest BCUT2D eigenvalue weighted by Crippen LogP contribution is 2.32. The van der Waals surface area contributed by atoms with Gasteiger partial charge in [-0.15, -0.1) is 0 Å². The van der Waals surface area contributed by atoms with E-state index in [-0.39, 0.29) is 29.2 Å². The summed E-state index contributed by atoms with van der Waals surface area (Å²) in [5.41, 5.74) is 5.36. The molecule has 1 aromatic rings. The Balaban J connectivity index is 2.13. The molecule has 0 spiro atoms. The van der Waals surface area contributed by atoms with Crippen molar-refractivity contribution in [3.63, 3.8) is 0 Å². The second-order valence-electron chi connectivity index (χ2n) is 6.05. The Labute approximate surface area is 123 Å². The standard InChI is InChI=1S/C14H22N4O3/c1-16(11(19)7-14(15)5-4-6-14)8-10-9-17(2)13(21)18(3)12(10)20/h9H,4-8,15H2,1-3H3. The largest absolute Gasteiger partial charge is 0.341 e. The number of nitrogens with two attached hydrogens (primary N) is 1. The number of amides is 1. The molecule has 1 aliphatic carbocycles. The lowest BCUT2D eigenvalue weighted by Crippen LogP contribution is -2.50. The highest BCUT2D eigenvalue weighted by atomic mass is 16.2. The second-order valence-corrected chi connectivity index (χ2v) is 6.05. The monoisotopic (exact) mass is 294 g/mol. The fraction of sp³-hybridized carbons (Fsp3) is 0.643. The van der Waals surface area contributed by atoms with E-state index in [1.807, 2.05) is 0 Å². The molecule has 0 radical (unpaired) electrons. The molecule has 0 aliphatic heterocycles. The van der Waals surface area contributed by atoms with E-state index in [1.165, 1.54) is 22.7 Å². The van der Waals surface area contributed by atoms with Crippen LogP contribution in [0.25, 0.3) is 0 Å². The molecule has 1 fully saturated rings. The average molecular weight is 294 g/mol. The van der Waals surface area contributed by atoms with Gasteiger partial charge in [-0.2, -0.15) is 0 Å². The number of hydrogen-bond donors (Lipinski definition) is 1. The maximum atomic E-state index is 12.2. The van der Waals surface area contributed by atoms with Crippen molar-refractivity contribution in [2.45, 2.75) is 37.8 Å². The summed E-state index contributed by atoms with van der Waals surface area (Å²) in [5.74, 6) is -0.0758. The Morgan fingerprint density at radius 3 is 2.52 bits per heavy atom. The van der Waals surface area contributed by atoms with Crippen LogP contribution in [0.15, 0.2) is 15.8 Å². The maximum Gasteiger partial charge on any atom is 0.330 e. The molecule has 21 heavy (non-hydrogen) atoms. The van der Waals surface area contributed by atoms with Gasteiger partial charge in [0.2, 0.25) is 5.91 Å². The Morgan fingerprint density at radius 2 is 2.00 bits per heavy atom. The number of aromatic nitrogens is 2. The van der Waals surface area contributed by atoms with Crippen LogP contribution in [0, 0.1) is 0 Å². The van der Waals surface area contributed by atoms with Crippen LogP contribution < -0.4 is 17.0 Å². The molecule has 7 heteroatoms. The number of carbonyl (C=O) groups excluding carboxylic acids is 1. The van der Waals surface area contributed by atoms with Gasteiger partial charge in [-0.05, 0) is 19.3 Å². The van der Waals surface area contributed by atoms with Crippen LogP contribution in [-0.2, 0) is 25.4 Å². The number of rotatable bonds is 4. The molecule has 1 aromatic heterocycles. The van der Waals surface area contributed by atoms with Crippen molar-refractivity contribution >= 4 is 5.91 Å². The molecule has 1 amide bonds. The van der Waals surface area contributed by atoms with E-state index in [0.717, 1.165) is 23.8 Å².